The standard InChI is InChI=1S/C23H29N5O2S.O2S/c1-12-15(11-29)9-17(20(12)30)26-21-19(22-27-16-5-3-4-6-18(16)31-22)13(2)25-23(28-21)24-10-14-7-8-14;1-3-2/h3-6,12,14-15,17,20,29-30H,7-11H2,1-2H3,(H2,24,25,26,28);/t12-,15-,17-,20-;/m1./s1. The van der Waals surface area contributed by atoms with Crippen molar-refractivity contribution < 1.29 is 18.6 Å². The Balaban J connectivity index is 0.000000868. The molecule has 2 aromatic heterocycles. The van der Waals surface area contributed by atoms with Crippen molar-refractivity contribution >= 4 is 44.9 Å². The van der Waals surface area contributed by atoms with Gasteiger partial charge in [0.25, 0.3) is 0 Å². The fourth-order valence-corrected chi connectivity index (χ4v) is 5.50. The quantitative estimate of drug-likeness (QED) is 0.383. The number of aryl methyl sites for hydroxylation is 1. The molecule has 1 aromatic carbocycles. The van der Waals surface area contributed by atoms with Gasteiger partial charge in [-0.2, -0.15) is 13.4 Å². The van der Waals surface area contributed by atoms with Crippen molar-refractivity contribution in [2.75, 3.05) is 23.8 Å². The van der Waals surface area contributed by atoms with E-state index in [0.29, 0.717) is 24.1 Å². The number of benzene rings is 1. The third kappa shape index (κ3) is 5.43. The molecule has 2 aliphatic rings. The van der Waals surface area contributed by atoms with Crippen LogP contribution in [0.1, 0.15) is 31.9 Å². The number of aromatic nitrogens is 3. The maximum atomic E-state index is 10.8. The molecule has 0 unspecified atom stereocenters. The smallest absolute Gasteiger partial charge is 0.335 e. The Morgan fingerprint density at radius 1 is 1.18 bits per heavy atom. The third-order valence-corrected chi connectivity index (χ3v) is 7.71. The molecule has 2 fully saturated rings. The average molecular weight is 504 g/mol. The van der Waals surface area contributed by atoms with E-state index in [0.717, 1.165) is 33.0 Å². The van der Waals surface area contributed by atoms with Crippen LogP contribution in [-0.4, -0.2) is 58.9 Å². The van der Waals surface area contributed by atoms with Gasteiger partial charge in [-0.15, -0.1) is 11.3 Å². The lowest BCUT2D eigenvalue weighted by atomic mass is 9.98. The molecule has 11 heteroatoms. The number of thiazole rings is 1. The van der Waals surface area contributed by atoms with Crippen molar-refractivity contribution in [2.24, 2.45) is 17.8 Å². The number of aliphatic hydroxyl groups is 2. The van der Waals surface area contributed by atoms with Gasteiger partial charge in [-0.3, -0.25) is 0 Å². The van der Waals surface area contributed by atoms with Crippen LogP contribution >= 0.6 is 11.3 Å². The van der Waals surface area contributed by atoms with Gasteiger partial charge in [-0.05, 0) is 56.1 Å². The van der Waals surface area contributed by atoms with Crippen molar-refractivity contribution in [3.63, 3.8) is 0 Å². The zero-order valence-corrected chi connectivity index (χ0v) is 20.7. The van der Waals surface area contributed by atoms with Gasteiger partial charge < -0.3 is 20.8 Å². The van der Waals surface area contributed by atoms with Crippen LogP contribution in [0.3, 0.4) is 0 Å². The molecule has 0 radical (unpaired) electrons. The highest BCUT2D eigenvalue weighted by atomic mass is 32.1. The van der Waals surface area contributed by atoms with Gasteiger partial charge in [0.2, 0.25) is 5.95 Å². The first-order chi connectivity index (χ1) is 16.4. The summed E-state index contributed by atoms with van der Waals surface area (Å²) in [6.07, 6.45) is 2.68. The highest BCUT2D eigenvalue weighted by Gasteiger charge is 2.40. The van der Waals surface area contributed by atoms with Crippen molar-refractivity contribution in [3.05, 3.63) is 30.0 Å². The summed E-state index contributed by atoms with van der Waals surface area (Å²) < 4.78 is 17.7. The van der Waals surface area contributed by atoms with E-state index in [-0.39, 0.29) is 24.5 Å². The Labute approximate surface area is 205 Å². The fraction of sp³-hybridized carbons (Fsp3) is 0.522. The number of fused-ring (bicyclic) bond motifs is 1. The lowest BCUT2D eigenvalue weighted by Crippen LogP contribution is -2.32. The monoisotopic (exact) mass is 503 g/mol. The maximum Gasteiger partial charge on any atom is 0.335 e. The molecule has 0 amide bonds. The number of rotatable bonds is 7. The summed E-state index contributed by atoms with van der Waals surface area (Å²) in [5.41, 5.74) is 2.69. The van der Waals surface area contributed by atoms with E-state index in [2.05, 4.69) is 16.7 Å². The van der Waals surface area contributed by atoms with Crippen LogP contribution in [0, 0.1) is 24.7 Å². The Hall–Kier alpha value is -2.47. The largest absolute Gasteiger partial charge is 0.396 e. The van der Waals surface area contributed by atoms with Crippen LogP contribution in [0.25, 0.3) is 20.8 Å². The van der Waals surface area contributed by atoms with Gasteiger partial charge in [0.1, 0.15) is 10.8 Å². The molecule has 182 valence electrons. The van der Waals surface area contributed by atoms with Gasteiger partial charge in [0.05, 0.1) is 33.6 Å². The van der Waals surface area contributed by atoms with E-state index in [1.165, 1.54) is 12.8 Å². The molecular weight excluding hydrogens is 474 g/mol. The first-order valence-corrected chi connectivity index (χ1v) is 12.9. The lowest BCUT2D eigenvalue weighted by Gasteiger charge is -2.21. The summed E-state index contributed by atoms with van der Waals surface area (Å²) in [6.45, 7) is 4.95. The molecule has 2 heterocycles. The number of nitrogens with one attached hydrogen (secondary N) is 2. The second kappa shape index (κ2) is 10.9. The minimum atomic E-state index is -0.750. The molecule has 4 N–H and O–H groups in total. The Bertz CT molecular complexity index is 1150. The molecule has 3 aromatic rings. The van der Waals surface area contributed by atoms with Crippen LogP contribution < -0.4 is 10.6 Å². The number of aliphatic hydroxyl groups excluding tert-OH is 2. The van der Waals surface area contributed by atoms with E-state index in [4.69, 9.17) is 23.4 Å². The van der Waals surface area contributed by atoms with Crippen molar-refractivity contribution in [1.29, 1.82) is 0 Å². The molecular formula is C23H29N5O4S2. The minimum absolute atomic E-state index is 0.0313. The lowest BCUT2D eigenvalue weighted by molar-refractivity contribution is 0.103. The highest BCUT2D eigenvalue weighted by molar-refractivity contribution is 7.51. The number of hydrogen-bond acceptors (Lipinski definition) is 10. The predicted molar refractivity (Wildman–Crippen MR) is 133 cm³/mol. The number of para-hydroxylation sites is 1. The third-order valence-electron chi connectivity index (χ3n) is 6.65. The van der Waals surface area contributed by atoms with Crippen molar-refractivity contribution in [1.82, 2.24) is 15.0 Å². The molecule has 4 atom stereocenters. The first-order valence-electron chi connectivity index (χ1n) is 11.4. The van der Waals surface area contributed by atoms with Gasteiger partial charge in [-0.1, -0.05) is 19.1 Å². The molecule has 0 saturated heterocycles. The molecule has 0 aliphatic heterocycles. The number of nitrogens with zero attached hydrogens (tertiary/aromatic N) is 3. The molecule has 0 spiro atoms. The molecule has 5 rings (SSSR count). The van der Waals surface area contributed by atoms with Crippen LogP contribution in [-0.2, 0) is 11.6 Å². The summed E-state index contributed by atoms with van der Waals surface area (Å²) in [7, 11) is 0. The number of anilines is 2. The van der Waals surface area contributed by atoms with E-state index in [1.807, 2.05) is 32.0 Å². The van der Waals surface area contributed by atoms with E-state index in [9.17, 15) is 10.2 Å². The topological polar surface area (TPSA) is 137 Å². The summed E-state index contributed by atoms with van der Waals surface area (Å²) in [4.78, 5) is 14.4. The minimum Gasteiger partial charge on any atom is -0.396 e. The van der Waals surface area contributed by atoms with Gasteiger partial charge in [0, 0.05) is 13.2 Å². The molecule has 2 saturated carbocycles. The van der Waals surface area contributed by atoms with Crippen LogP contribution in [0.4, 0.5) is 11.8 Å². The van der Waals surface area contributed by atoms with Crippen molar-refractivity contribution in [3.8, 4) is 10.6 Å². The summed E-state index contributed by atoms with van der Waals surface area (Å²) in [6, 6.07) is 7.91. The summed E-state index contributed by atoms with van der Waals surface area (Å²) in [5.74, 6) is 2.13. The van der Waals surface area contributed by atoms with E-state index < -0.39 is 17.7 Å². The molecule has 0 bridgehead atoms. The first kappa shape index (κ1) is 24.6. The normalized spacial score (nSPS) is 23.9. The van der Waals surface area contributed by atoms with Crippen molar-refractivity contribution in [2.45, 2.75) is 45.3 Å². The van der Waals surface area contributed by atoms with Gasteiger partial charge >= 0.3 is 11.6 Å². The zero-order valence-electron chi connectivity index (χ0n) is 19.1. The zero-order chi connectivity index (χ0) is 24.2. The highest BCUT2D eigenvalue weighted by Crippen LogP contribution is 2.39. The number of hydrogen-bond donors (Lipinski definition) is 4. The second-order valence-electron chi connectivity index (χ2n) is 9.01. The molecule has 9 nitrogen and oxygen atoms in total. The summed E-state index contributed by atoms with van der Waals surface area (Å²) in [5, 5.41) is 28.2. The second-order valence-corrected chi connectivity index (χ2v) is 10.2. The molecule has 34 heavy (non-hydrogen) atoms. The van der Waals surface area contributed by atoms with Gasteiger partial charge in [-0.25, -0.2) is 9.97 Å². The van der Waals surface area contributed by atoms with Crippen LogP contribution in [0.5, 0.6) is 0 Å². The Morgan fingerprint density at radius 3 is 2.56 bits per heavy atom. The Morgan fingerprint density at radius 2 is 1.91 bits per heavy atom. The SMILES string of the molecule is Cc1nc(NCC2CC2)nc(N[C@@H]2C[C@H](CO)[C@@H](C)[C@H]2O)c1-c1nc2ccccc2s1.O=S=O. The summed E-state index contributed by atoms with van der Waals surface area (Å²) >= 11 is 0.873. The van der Waals surface area contributed by atoms with Crippen LogP contribution in [0.2, 0.25) is 0 Å². The average Bonchev–Trinajstić information content (AvgIpc) is 3.49. The van der Waals surface area contributed by atoms with E-state index >= 15 is 0 Å². The van der Waals surface area contributed by atoms with Gasteiger partial charge in [0.15, 0.2) is 0 Å². The van der Waals surface area contributed by atoms with E-state index in [1.54, 1.807) is 11.3 Å². The predicted octanol–water partition coefficient (Wildman–Crippen LogP) is 3.00. The Kier molecular flexibility index (Phi) is 7.87. The van der Waals surface area contributed by atoms with Crippen LogP contribution in [0.15, 0.2) is 24.3 Å². The maximum absolute atomic E-state index is 10.8. The fourth-order valence-electron chi connectivity index (χ4n) is 4.44. The molecule has 2 aliphatic carbocycles.